The second-order valence-corrected chi connectivity index (χ2v) is 5.03. The molecule has 0 fully saturated rings. The first-order chi connectivity index (χ1) is 8.72. The van der Waals surface area contributed by atoms with Crippen LogP contribution in [0.15, 0.2) is 53.3 Å². The van der Waals surface area contributed by atoms with Gasteiger partial charge in [0.2, 0.25) is 0 Å². The molecule has 0 saturated carbocycles. The number of hydrogen-bond acceptors (Lipinski definition) is 1. The fourth-order valence-corrected chi connectivity index (χ4v) is 2.20. The minimum Gasteiger partial charge on any atom is -0.341 e. The van der Waals surface area contributed by atoms with E-state index in [9.17, 15) is 4.39 Å². The van der Waals surface area contributed by atoms with E-state index in [0.717, 1.165) is 21.1 Å². The molecule has 3 aromatic rings. The summed E-state index contributed by atoms with van der Waals surface area (Å²) in [4.78, 5) is 4.32. The molecule has 0 aliphatic heterocycles. The maximum absolute atomic E-state index is 13.3. The lowest BCUT2D eigenvalue weighted by Crippen LogP contribution is -2.00. The minimum absolute atomic E-state index is 0.216. The quantitative estimate of drug-likeness (QED) is 0.700. The van der Waals surface area contributed by atoms with Crippen molar-refractivity contribution in [3.63, 3.8) is 0 Å². The van der Waals surface area contributed by atoms with Crippen molar-refractivity contribution in [2.75, 3.05) is 0 Å². The Morgan fingerprint density at radius 2 is 2.06 bits per heavy atom. The van der Waals surface area contributed by atoms with Gasteiger partial charge in [-0.05, 0) is 57.7 Å². The van der Waals surface area contributed by atoms with Crippen LogP contribution in [0, 0.1) is 5.82 Å². The van der Waals surface area contributed by atoms with E-state index in [-0.39, 0.29) is 5.82 Å². The minimum atomic E-state index is -0.216. The smallest absolute Gasteiger partial charge is 0.125 e. The number of fused-ring (bicyclic) bond motifs is 1. The van der Waals surface area contributed by atoms with Crippen molar-refractivity contribution < 1.29 is 4.39 Å². The number of nitrogens with zero attached hydrogens (tertiary/aromatic N) is 2. The average molecular weight is 305 g/mol. The van der Waals surface area contributed by atoms with Gasteiger partial charge in [-0.1, -0.05) is 0 Å². The van der Waals surface area contributed by atoms with E-state index < -0.39 is 0 Å². The van der Waals surface area contributed by atoms with Gasteiger partial charge in [0.25, 0.3) is 0 Å². The lowest BCUT2D eigenvalue weighted by molar-refractivity contribution is 0.628. The summed E-state index contributed by atoms with van der Waals surface area (Å²) in [5, 5.41) is 1.04. The molecule has 90 valence electrons. The molecule has 0 atom stereocenters. The Morgan fingerprint density at radius 3 is 2.83 bits per heavy atom. The van der Waals surface area contributed by atoms with Gasteiger partial charge in [-0.15, -0.1) is 0 Å². The third kappa shape index (κ3) is 2.16. The van der Waals surface area contributed by atoms with E-state index in [1.165, 1.54) is 6.07 Å². The van der Waals surface area contributed by atoms with E-state index in [4.69, 9.17) is 0 Å². The molecular weight excluding hydrogens is 295 g/mol. The molecule has 18 heavy (non-hydrogen) atoms. The van der Waals surface area contributed by atoms with Gasteiger partial charge in [-0.3, -0.25) is 4.98 Å². The van der Waals surface area contributed by atoms with Crippen molar-refractivity contribution in [3.05, 3.63) is 64.8 Å². The average Bonchev–Trinajstić information content (AvgIpc) is 2.75. The summed E-state index contributed by atoms with van der Waals surface area (Å²) in [5.74, 6) is -0.216. The van der Waals surface area contributed by atoms with Crippen LogP contribution in [-0.4, -0.2) is 9.55 Å². The highest BCUT2D eigenvalue weighted by atomic mass is 79.9. The van der Waals surface area contributed by atoms with Crippen LogP contribution in [0.4, 0.5) is 4.39 Å². The Kier molecular flexibility index (Phi) is 2.88. The van der Waals surface area contributed by atoms with Gasteiger partial charge in [-0.2, -0.15) is 0 Å². The normalized spacial score (nSPS) is 11.0. The summed E-state index contributed by atoms with van der Waals surface area (Å²) in [7, 11) is 0. The van der Waals surface area contributed by atoms with Gasteiger partial charge in [0.05, 0.1) is 17.8 Å². The number of pyridine rings is 1. The first kappa shape index (κ1) is 11.4. The monoisotopic (exact) mass is 304 g/mol. The van der Waals surface area contributed by atoms with Gasteiger partial charge in [0.15, 0.2) is 0 Å². The maximum Gasteiger partial charge on any atom is 0.125 e. The molecule has 4 heteroatoms. The molecule has 1 aromatic carbocycles. The molecule has 0 spiro atoms. The van der Waals surface area contributed by atoms with Crippen LogP contribution in [0.5, 0.6) is 0 Å². The standard InChI is InChI=1S/C14H10BrFN2/c15-11-2-4-13(17-8-11)9-18-6-5-10-1-3-12(16)7-14(10)18/h1-8H,9H2. The second kappa shape index (κ2) is 4.53. The van der Waals surface area contributed by atoms with Crippen LogP contribution < -0.4 is 0 Å². The zero-order valence-corrected chi connectivity index (χ0v) is 11.1. The fraction of sp³-hybridized carbons (Fsp3) is 0.0714. The third-order valence-electron chi connectivity index (χ3n) is 2.86. The molecule has 0 aliphatic rings. The summed E-state index contributed by atoms with van der Waals surface area (Å²) < 4.78 is 16.2. The lowest BCUT2D eigenvalue weighted by atomic mass is 10.2. The fourth-order valence-electron chi connectivity index (χ4n) is 1.97. The molecule has 0 aliphatic carbocycles. The van der Waals surface area contributed by atoms with Crippen molar-refractivity contribution in [3.8, 4) is 0 Å². The predicted octanol–water partition coefficient (Wildman–Crippen LogP) is 3.99. The molecule has 0 N–H and O–H groups in total. The molecular formula is C14H10BrFN2. The SMILES string of the molecule is Fc1ccc2ccn(Cc3ccc(Br)cn3)c2c1. The Balaban J connectivity index is 1.99. The number of rotatable bonds is 2. The molecule has 2 nitrogen and oxygen atoms in total. The molecule has 0 saturated heterocycles. The number of halogens is 2. The van der Waals surface area contributed by atoms with Crippen molar-refractivity contribution in [1.82, 2.24) is 9.55 Å². The first-order valence-electron chi connectivity index (χ1n) is 5.57. The van der Waals surface area contributed by atoms with Crippen molar-refractivity contribution >= 4 is 26.8 Å². The topological polar surface area (TPSA) is 17.8 Å². The Bertz CT molecular complexity index is 689. The predicted molar refractivity (Wildman–Crippen MR) is 72.9 cm³/mol. The molecule has 0 unspecified atom stereocenters. The van der Waals surface area contributed by atoms with Gasteiger partial charge in [-0.25, -0.2) is 4.39 Å². The first-order valence-corrected chi connectivity index (χ1v) is 6.36. The Hall–Kier alpha value is -1.68. The number of benzene rings is 1. The lowest BCUT2D eigenvalue weighted by Gasteiger charge is -2.05. The van der Waals surface area contributed by atoms with Crippen LogP contribution in [0.2, 0.25) is 0 Å². The highest BCUT2D eigenvalue weighted by molar-refractivity contribution is 9.10. The van der Waals surface area contributed by atoms with Crippen molar-refractivity contribution in [2.24, 2.45) is 0 Å². The van der Waals surface area contributed by atoms with Gasteiger partial charge in [0.1, 0.15) is 5.82 Å². The largest absolute Gasteiger partial charge is 0.341 e. The van der Waals surface area contributed by atoms with Gasteiger partial charge >= 0.3 is 0 Å². The van der Waals surface area contributed by atoms with Gasteiger partial charge in [0, 0.05) is 16.9 Å². The molecule has 3 rings (SSSR count). The summed E-state index contributed by atoms with van der Waals surface area (Å²) in [6, 6.07) is 10.7. The molecule has 0 radical (unpaired) electrons. The van der Waals surface area contributed by atoms with Crippen LogP contribution >= 0.6 is 15.9 Å². The van der Waals surface area contributed by atoms with E-state index in [0.29, 0.717) is 6.54 Å². The van der Waals surface area contributed by atoms with Crippen LogP contribution in [-0.2, 0) is 6.54 Å². The maximum atomic E-state index is 13.3. The van der Waals surface area contributed by atoms with E-state index in [2.05, 4.69) is 20.9 Å². The van der Waals surface area contributed by atoms with Crippen LogP contribution in [0.25, 0.3) is 10.9 Å². The molecule has 2 heterocycles. The molecule has 0 amide bonds. The van der Waals surface area contributed by atoms with Crippen LogP contribution in [0.3, 0.4) is 0 Å². The summed E-state index contributed by atoms with van der Waals surface area (Å²) in [5.41, 5.74) is 1.83. The van der Waals surface area contributed by atoms with Gasteiger partial charge < -0.3 is 4.57 Å². The van der Waals surface area contributed by atoms with Crippen molar-refractivity contribution in [1.29, 1.82) is 0 Å². The molecule has 0 bridgehead atoms. The highest BCUT2D eigenvalue weighted by Gasteiger charge is 2.03. The third-order valence-corrected chi connectivity index (χ3v) is 3.33. The molecule has 2 aromatic heterocycles. The highest BCUT2D eigenvalue weighted by Crippen LogP contribution is 2.18. The summed E-state index contributed by atoms with van der Waals surface area (Å²) in [6.45, 7) is 0.639. The summed E-state index contributed by atoms with van der Waals surface area (Å²) in [6.07, 6.45) is 3.72. The van der Waals surface area contributed by atoms with Crippen LogP contribution in [0.1, 0.15) is 5.69 Å². The summed E-state index contributed by atoms with van der Waals surface area (Å²) >= 11 is 3.35. The van der Waals surface area contributed by atoms with Crippen molar-refractivity contribution in [2.45, 2.75) is 6.54 Å². The number of aromatic nitrogens is 2. The Morgan fingerprint density at radius 1 is 1.17 bits per heavy atom. The van der Waals surface area contributed by atoms with E-state index in [1.807, 2.05) is 29.0 Å². The van der Waals surface area contributed by atoms with E-state index >= 15 is 0 Å². The number of hydrogen-bond donors (Lipinski definition) is 0. The second-order valence-electron chi connectivity index (χ2n) is 4.11. The zero-order chi connectivity index (χ0) is 12.5. The Labute approximate surface area is 112 Å². The zero-order valence-electron chi connectivity index (χ0n) is 9.48. The van der Waals surface area contributed by atoms with E-state index in [1.54, 1.807) is 18.3 Å².